The van der Waals surface area contributed by atoms with Gasteiger partial charge in [0.15, 0.2) is 10.8 Å². The Morgan fingerprint density at radius 3 is 2.55 bits per heavy atom. The van der Waals surface area contributed by atoms with Gasteiger partial charge in [0.1, 0.15) is 0 Å². The summed E-state index contributed by atoms with van der Waals surface area (Å²) >= 11 is 1.44. The average molecular weight is 414 g/mol. The van der Waals surface area contributed by atoms with Gasteiger partial charge >= 0.3 is 0 Å². The fraction of sp³-hybridized carbons (Fsp3) is 0.421. The van der Waals surface area contributed by atoms with Gasteiger partial charge in [-0.25, -0.2) is 4.98 Å². The number of benzene rings is 1. The molecule has 3 aromatic rings. The summed E-state index contributed by atoms with van der Waals surface area (Å²) in [5.74, 6) is -0.0490. The SMILES string of the molecule is Cc1cc(C(=O)N2CCN(c3nc4ccc([N+](=O)[O-])cc4s3)CC2)nn1C(C)C. The lowest BCUT2D eigenvalue weighted by molar-refractivity contribution is -0.384. The van der Waals surface area contributed by atoms with E-state index >= 15 is 0 Å². The highest BCUT2D eigenvalue weighted by Crippen LogP contribution is 2.32. The van der Waals surface area contributed by atoms with Gasteiger partial charge in [0.2, 0.25) is 0 Å². The third-order valence-electron chi connectivity index (χ3n) is 5.04. The fourth-order valence-electron chi connectivity index (χ4n) is 3.53. The maximum atomic E-state index is 12.8. The topological polar surface area (TPSA) is 97.4 Å². The van der Waals surface area contributed by atoms with E-state index in [1.54, 1.807) is 12.1 Å². The van der Waals surface area contributed by atoms with Crippen molar-refractivity contribution in [2.75, 3.05) is 31.1 Å². The Kier molecular flexibility index (Phi) is 4.95. The molecule has 1 saturated heterocycles. The van der Waals surface area contributed by atoms with E-state index in [1.807, 2.05) is 36.4 Å². The molecular formula is C19H22N6O3S. The number of nitro groups is 1. The number of nitro benzene ring substituents is 1. The number of hydrogen-bond acceptors (Lipinski definition) is 7. The predicted molar refractivity (Wildman–Crippen MR) is 112 cm³/mol. The number of nitrogens with zero attached hydrogens (tertiary/aromatic N) is 6. The van der Waals surface area contributed by atoms with Gasteiger partial charge in [-0.3, -0.25) is 19.6 Å². The van der Waals surface area contributed by atoms with E-state index in [4.69, 9.17) is 0 Å². The van der Waals surface area contributed by atoms with Gasteiger partial charge in [0.05, 0.1) is 15.1 Å². The van der Waals surface area contributed by atoms with Crippen LogP contribution >= 0.6 is 11.3 Å². The van der Waals surface area contributed by atoms with Crippen LogP contribution in [0.2, 0.25) is 0 Å². The molecule has 1 amide bonds. The highest BCUT2D eigenvalue weighted by atomic mass is 32.1. The zero-order chi connectivity index (χ0) is 20.7. The lowest BCUT2D eigenvalue weighted by Gasteiger charge is -2.34. The maximum absolute atomic E-state index is 12.8. The van der Waals surface area contributed by atoms with Crippen LogP contribution in [0.15, 0.2) is 24.3 Å². The van der Waals surface area contributed by atoms with E-state index < -0.39 is 4.92 Å². The van der Waals surface area contributed by atoms with E-state index in [9.17, 15) is 14.9 Å². The summed E-state index contributed by atoms with van der Waals surface area (Å²) in [4.78, 5) is 31.9. The van der Waals surface area contributed by atoms with Crippen molar-refractivity contribution >= 4 is 38.3 Å². The molecule has 0 atom stereocenters. The number of hydrogen-bond donors (Lipinski definition) is 0. The van der Waals surface area contributed by atoms with Crippen molar-refractivity contribution in [3.05, 3.63) is 45.8 Å². The summed E-state index contributed by atoms with van der Waals surface area (Å²) in [6, 6.07) is 6.77. The first-order chi connectivity index (χ1) is 13.8. The number of anilines is 1. The van der Waals surface area contributed by atoms with E-state index in [0.717, 1.165) is 21.0 Å². The van der Waals surface area contributed by atoms with Gasteiger partial charge in [-0.05, 0) is 32.9 Å². The van der Waals surface area contributed by atoms with Gasteiger partial charge in [-0.1, -0.05) is 11.3 Å². The van der Waals surface area contributed by atoms with Crippen molar-refractivity contribution in [1.82, 2.24) is 19.7 Å². The highest BCUT2D eigenvalue weighted by molar-refractivity contribution is 7.22. The number of aromatic nitrogens is 3. The molecular weight excluding hydrogens is 392 g/mol. The Morgan fingerprint density at radius 2 is 1.93 bits per heavy atom. The first-order valence-corrected chi connectivity index (χ1v) is 10.3. The van der Waals surface area contributed by atoms with Crippen molar-refractivity contribution in [2.45, 2.75) is 26.8 Å². The fourth-order valence-corrected chi connectivity index (χ4v) is 4.58. The molecule has 152 valence electrons. The van der Waals surface area contributed by atoms with E-state index in [0.29, 0.717) is 31.9 Å². The lowest BCUT2D eigenvalue weighted by atomic mass is 10.2. The largest absolute Gasteiger partial charge is 0.345 e. The number of rotatable bonds is 4. The summed E-state index contributed by atoms with van der Waals surface area (Å²) in [7, 11) is 0. The maximum Gasteiger partial charge on any atom is 0.274 e. The molecule has 0 N–H and O–H groups in total. The van der Waals surface area contributed by atoms with Gasteiger partial charge in [-0.15, -0.1) is 0 Å². The third kappa shape index (κ3) is 3.67. The Morgan fingerprint density at radius 1 is 1.21 bits per heavy atom. The monoisotopic (exact) mass is 414 g/mol. The molecule has 0 unspecified atom stereocenters. The number of fused-ring (bicyclic) bond motifs is 1. The van der Waals surface area contributed by atoms with E-state index in [2.05, 4.69) is 15.0 Å². The minimum atomic E-state index is -0.397. The van der Waals surface area contributed by atoms with Crippen LogP contribution in [0.5, 0.6) is 0 Å². The van der Waals surface area contributed by atoms with Crippen LogP contribution in [0.1, 0.15) is 36.1 Å². The second kappa shape index (κ2) is 7.43. The van der Waals surface area contributed by atoms with Crippen LogP contribution in [0.25, 0.3) is 10.2 Å². The van der Waals surface area contributed by atoms with Crippen molar-refractivity contribution in [3.8, 4) is 0 Å². The Balaban J connectivity index is 1.45. The molecule has 0 saturated carbocycles. The zero-order valence-corrected chi connectivity index (χ0v) is 17.3. The molecule has 0 aliphatic carbocycles. The number of piperazine rings is 1. The van der Waals surface area contributed by atoms with Gasteiger partial charge in [0.25, 0.3) is 11.6 Å². The van der Waals surface area contributed by atoms with Gasteiger partial charge in [-0.2, -0.15) is 5.10 Å². The highest BCUT2D eigenvalue weighted by Gasteiger charge is 2.26. The normalized spacial score (nSPS) is 14.8. The van der Waals surface area contributed by atoms with Crippen LogP contribution in [0.4, 0.5) is 10.8 Å². The van der Waals surface area contributed by atoms with Crippen LogP contribution in [0.3, 0.4) is 0 Å². The van der Waals surface area contributed by atoms with Crippen molar-refractivity contribution < 1.29 is 9.72 Å². The minimum absolute atomic E-state index is 0.0490. The molecule has 29 heavy (non-hydrogen) atoms. The molecule has 3 heterocycles. The van der Waals surface area contributed by atoms with Crippen molar-refractivity contribution in [3.63, 3.8) is 0 Å². The zero-order valence-electron chi connectivity index (χ0n) is 16.5. The minimum Gasteiger partial charge on any atom is -0.345 e. The first-order valence-electron chi connectivity index (χ1n) is 9.49. The molecule has 0 spiro atoms. The molecule has 0 bridgehead atoms. The molecule has 0 radical (unpaired) electrons. The summed E-state index contributed by atoms with van der Waals surface area (Å²) in [5, 5.41) is 16.3. The second-order valence-electron chi connectivity index (χ2n) is 7.39. The standard InChI is InChI=1S/C19H22N6O3S/c1-12(2)24-13(3)10-16(21-24)18(26)22-6-8-23(9-7-22)19-20-15-5-4-14(25(27)28)11-17(15)29-19/h4-5,10-12H,6-9H2,1-3H3. The average Bonchev–Trinajstić information content (AvgIpc) is 3.30. The lowest BCUT2D eigenvalue weighted by Crippen LogP contribution is -2.48. The number of thiazole rings is 1. The summed E-state index contributed by atoms with van der Waals surface area (Å²) in [6.45, 7) is 8.54. The number of non-ortho nitro benzene ring substituents is 1. The molecule has 1 aliphatic rings. The number of aryl methyl sites for hydroxylation is 1. The van der Waals surface area contributed by atoms with E-state index in [1.165, 1.54) is 17.4 Å². The summed E-state index contributed by atoms with van der Waals surface area (Å²) < 4.78 is 2.66. The Hall–Kier alpha value is -3.01. The third-order valence-corrected chi connectivity index (χ3v) is 6.12. The van der Waals surface area contributed by atoms with Crippen LogP contribution in [-0.2, 0) is 0 Å². The van der Waals surface area contributed by atoms with Gasteiger partial charge in [0, 0.05) is 50.0 Å². The molecule has 4 rings (SSSR count). The van der Waals surface area contributed by atoms with Gasteiger partial charge < -0.3 is 9.80 Å². The smallest absolute Gasteiger partial charge is 0.274 e. The predicted octanol–water partition coefficient (Wildman–Crippen LogP) is 3.25. The Bertz CT molecular complexity index is 1080. The molecule has 1 fully saturated rings. The number of carbonyl (C=O) groups is 1. The van der Waals surface area contributed by atoms with Crippen molar-refractivity contribution in [2.24, 2.45) is 0 Å². The quantitative estimate of drug-likeness (QED) is 0.480. The summed E-state index contributed by atoms with van der Waals surface area (Å²) in [6.07, 6.45) is 0. The number of amides is 1. The Labute approximate surface area is 171 Å². The molecule has 2 aromatic heterocycles. The van der Waals surface area contributed by atoms with E-state index in [-0.39, 0.29) is 17.6 Å². The number of carbonyl (C=O) groups excluding carboxylic acids is 1. The second-order valence-corrected chi connectivity index (χ2v) is 8.40. The summed E-state index contributed by atoms with van der Waals surface area (Å²) in [5.41, 5.74) is 2.28. The van der Waals surface area contributed by atoms with Crippen LogP contribution in [0, 0.1) is 17.0 Å². The van der Waals surface area contributed by atoms with Crippen molar-refractivity contribution in [1.29, 1.82) is 0 Å². The molecule has 1 aliphatic heterocycles. The molecule has 1 aromatic carbocycles. The van der Waals surface area contributed by atoms with Crippen LogP contribution in [-0.4, -0.2) is 56.7 Å². The molecule has 9 nitrogen and oxygen atoms in total. The first kappa shape index (κ1) is 19.3. The molecule has 10 heteroatoms. The van der Waals surface area contributed by atoms with Crippen LogP contribution < -0.4 is 4.90 Å².